The van der Waals surface area contributed by atoms with Crippen LogP contribution in [0.2, 0.25) is 0 Å². The summed E-state index contributed by atoms with van der Waals surface area (Å²) in [5, 5.41) is 0. The number of nitrogens with zero attached hydrogens (tertiary/aromatic N) is 1. The molecule has 0 bridgehead atoms. The molecule has 2 fully saturated rings. The number of nitrogens with two attached hydrogens (primary N) is 1. The van der Waals surface area contributed by atoms with Crippen molar-refractivity contribution in [2.75, 3.05) is 19.3 Å². The van der Waals surface area contributed by atoms with E-state index in [1.54, 1.807) is 12.1 Å². The molecule has 1 aliphatic heterocycles. The van der Waals surface area contributed by atoms with Crippen molar-refractivity contribution in [1.82, 2.24) is 9.62 Å². The Bertz CT molecular complexity index is 858. The maximum atomic E-state index is 13.0. The maximum absolute atomic E-state index is 13.0. The van der Waals surface area contributed by atoms with Crippen molar-refractivity contribution in [3.63, 3.8) is 0 Å². The molecule has 1 aromatic rings. The van der Waals surface area contributed by atoms with Crippen LogP contribution in [0.3, 0.4) is 0 Å². The third kappa shape index (κ3) is 5.32. The highest BCUT2D eigenvalue weighted by Gasteiger charge is 2.29. The maximum Gasteiger partial charge on any atom is 0.255 e. The first-order valence-electron chi connectivity index (χ1n) is 10.1. The molecule has 160 valence electrons. The molecule has 0 atom stereocenters. The van der Waals surface area contributed by atoms with Gasteiger partial charge in [-0.05, 0) is 69.4 Å². The van der Waals surface area contributed by atoms with Crippen molar-refractivity contribution >= 4 is 33.6 Å². The van der Waals surface area contributed by atoms with Gasteiger partial charge in [-0.15, -0.1) is 11.8 Å². The zero-order valence-electron chi connectivity index (χ0n) is 16.7. The van der Waals surface area contributed by atoms with E-state index in [0.29, 0.717) is 44.3 Å². The Morgan fingerprint density at radius 3 is 2.34 bits per heavy atom. The molecule has 1 saturated heterocycles. The standard InChI is InChI=1S/C20H29N3O4S2/c1-28-18-10-9-16(13-17(18)20(25)23-11-3-2-4-12-23)29(26,27)22-15-7-5-14(6-8-15)19(21)24/h9-10,13-15,22H,2-8,11-12H2,1H3,(H2,21,24). The smallest absolute Gasteiger partial charge is 0.255 e. The third-order valence-corrected chi connectivity index (χ3v) is 8.12. The van der Waals surface area contributed by atoms with Crippen LogP contribution in [0, 0.1) is 5.92 Å². The lowest BCUT2D eigenvalue weighted by Crippen LogP contribution is -2.40. The second-order valence-corrected chi connectivity index (χ2v) is 10.3. The highest BCUT2D eigenvalue weighted by molar-refractivity contribution is 7.98. The third-order valence-electron chi connectivity index (χ3n) is 5.81. The average Bonchev–Trinajstić information content (AvgIpc) is 2.73. The molecule has 7 nitrogen and oxygen atoms in total. The summed E-state index contributed by atoms with van der Waals surface area (Å²) >= 11 is 1.44. The molecule has 0 aromatic heterocycles. The van der Waals surface area contributed by atoms with Gasteiger partial charge in [0.05, 0.1) is 10.5 Å². The molecular formula is C20H29N3O4S2. The topological polar surface area (TPSA) is 110 Å². The van der Waals surface area contributed by atoms with E-state index in [-0.39, 0.29) is 28.7 Å². The van der Waals surface area contributed by atoms with Crippen LogP contribution in [0.4, 0.5) is 0 Å². The van der Waals surface area contributed by atoms with Gasteiger partial charge < -0.3 is 10.6 Å². The van der Waals surface area contributed by atoms with Crippen LogP contribution in [0.1, 0.15) is 55.3 Å². The highest BCUT2D eigenvalue weighted by Crippen LogP contribution is 2.28. The van der Waals surface area contributed by atoms with E-state index in [1.165, 1.54) is 17.8 Å². The Labute approximate surface area is 176 Å². The number of amides is 2. The molecule has 0 unspecified atom stereocenters. The molecule has 3 rings (SSSR count). The van der Waals surface area contributed by atoms with Gasteiger partial charge in [0.15, 0.2) is 0 Å². The van der Waals surface area contributed by atoms with Crippen LogP contribution < -0.4 is 10.5 Å². The number of primary amides is 1. The van der Waals surface area contributed by atoms with Gasteiger partial charge in [0, 0.05) is 29.9 Å². The Balaban J connectivity index is 1.77. The molecular weight excluding hydrogens is 410 g/mol. The van der Waals surface area contributed by atoms with Crippen molar-refractivity contribution < 1.29 is 18.0 Å². The number of carbonyl (C=O) groups is 2. The van der Waals surface area contributed by atoms with Crippen LogP contribution in [-0.2, 0) is 14.8 Å². The van der Waals surface area contributed by atoms with E-state index < -0.39 is 10.0 Å². The summed E-state index contributed by atoms with van der Waals surface area (Å²) in [5.41, 5.74) is 5.79. The normalized spacial score (nSPS) is 23.0. The van der Waals surface area contributed by atoms with Gasteiger partial charge in [0.2, 0.25) is 15.9 Å². The fraction of sp³-hybridized carbons (Fsp3) is 0.600. The predicted octanol–water partition coefficient (Wildman–Crippen LogP) is 2.36. The van der Waals surface area contributed by atoms with Gasteiger partial charge in [-0.2, -0.15) is 0 Å². The predicted molar refractivity (Wildman–Crippen MR) is 113 cm³/mol. The molecule has 0 radical (unpaired) electrons. The zero-order valence-corrected chi connectivity index (χ0v) is 18.4. The minimum absolute atomic E-state index is 0.104. The number of thioether (sulfide) groups is 1. The van der Waals surface area contributed by atoms with Gasteiger partial charge in [0.25, 0.3) is 5.91 Å². The van der Waals surface area contributed by atoms with Crippen LogP contribution in [0.5, 0.6) is 0 Å². The SMILES string of the molecule is CSc1ccc(S(=O)(=O)NC2CCC(C(N)=O)CC2)cc1C(=O)N1CCCCC1. The van der Waals surface area contributed by atoms with E-state index in [9.17, 15) is 18.0 Å². The van der Waals surface area contributed by atoms with Gasteiger partial charge in [-0.1, -0.05) is 0 Å². The van der Waals surface area contributed by atoms with Gasteiger partial charge in [0.1, 0.15) is 0 Å². The summed E-state index contributed by atoms with van der Waals surface area (Å²) < 4.78 is 28.6. The van der Waals surface area contributed by atoms with Crippen molar-refractivity contribution in [3.05, 3.63) is 23.8 Å². The number of piperidine rings is 1. The van der Waals surface area contributed by atoms with Crippen molar-refractivity contribution in [1.29, 1.82) is 0 Å². The summed E-state index contributed by atoms with van der Waals surface area (Å²) in [4.78, 5) is 27.0. The number of sulfonamides is 1. The molecule has 9 heteroatoms. The minimum atomic E-state index is -3.76. The minimum Gasteiger partial charge on any atom is -0.369 e. The average molecular weight is 440 g/mol. The lowest BCUT2D eigenvalue weighted by molar-refractivity contribution is -0.122. The van der Waals surface area contributed by atoms with E-state index in [0.717, 1.165) is 24.2 Å². The fourth-order valence-electron chi connectivity index (χ4n) is 4.07. The van der Waals surface area contributed by atoms with E-state index in [1.807, 2.05) is 11.2 Å². The lowest BCUT2D eigenvalue weighted by Gasteiger charge is -2.28. The monoisotopic (exact) mass is 439 g/mol. The largest absolute Gasteiger partial charge is 0.369 e. The molecule has 1 aromatic carbocycles. The summed E-state index contributed by atoms with van der Waals surface area (Å²) in [7, 11) is -3.76. The molecule has 1 saturated carbocycles. The van der Waals surface area contributed by atoms with Crippen LogP contribution >= 0.6 is 11.8 Å². The number of benzene rings is 1. The summed E-state index contributed by atoms with van der Waals surface area (Å²) in [5.74, 6) is -0.599. The second-order valence-electron chi connectivity index (χ2n) is 7.79. The van der Waals surface area contributed by atoms with Crippen molar-refractivity contribution in [3.8, 4) is 0 Å². The first-order valence-corrected chi connectivity index (χ1v) is 12.8. The number of hydrogen-bond acceptors (Lipinski definition) is 5. The number of likely N-dealkylation sites (tertiary alicyclic amines) is 1. The fourth-order valence-corrected chi connectivity index (χ4v) is 5.97. The van der Waals surface area contributed by atoms with Crippen LogP contribution in [0.15, 0.2) is 28.0 Å². The highest BCUT2D eigenvalue weighted by atomic mass is 32.2. The summed E-state index contributed by atoms with van der Waals surface area (Å²) in [6.45, 7) is 1.43. The molecule has 1 aliphatic carbocycles. The first kappa shape index (κ1) is 22.1. The van der Waals surface area contributed by atoms with Gasteiger partial charge in [-0.3, -0.25) is 9.59 Å². The van der Waals surface area contributed by atoms with Gasteiger partial charge in [-0.25, -0.2) is 13.1 Å². The number of hydrogen-bond donors (Lipinski definition) is 2. The summed E-state index contributed by atoms with van der Waals surface area (Å²) in [6, 6.07) is 4.54. The Morgan fingerprint density at radius 2 is 1.76 bits per heavy atom. The second kappa shape index (κ2) is 9.49. The summed E-state index contributed by atoms with van der Waals surface area (Å²) in [6.07, 6.45) is 7.30. The van der Waals surface area contributed by atoms with Crippen LogP contribution in [-0.4, -0.2) is 50.5 Å². The molecule has 1 heterocycles. The van der Waals surface area contributed by atoms with E-state index in [4.69, 9.17) is 5.73 Å². The Hall–Kier alpha value is -1.58. The number of rotatable bonds is 6. The molecule has 2 amide bonds. The molecule has 29 heavy (non-hydrogen) atoms. The van der Waals surface area contributed by atoms with Gasteiger partial charge >= 0.3 is 0 Å². The van der Waals surface area contributed by atoms with E-state index in [2.05, 4.69) is 4.72 Å². The van der Waals surface area contributed by atoms with Crippen molar-refractivity contribution in [2.45, 2.75) is 60.8 Å². The number of nitrogens with one attached hydrogen (secondary N) is 1. The lowest BCUT2D eigenvalue weighted by atomic mass is 9.86. The molecule has 3 N–H and O–H groups in total. The van der Waals surface area contributed by atoms with E-state index >= 15 is 0 Å². The Kier molecular flexibility index (Phi) is 7.23. The molecule has 0 spiro atoms. The molecule has 2 aliphatic rings. The quantitative estimate of drug-likeness (QED) is 0.661. The Morgan fingerprint density at radius 1 is 1.10 bits per heavy atom. The number of carbonyl (C=O) groups excluding carboxylic acids is 2. The van der Waals surface area contributed by atoms with Crippen LogP contribution in [0.25, 0.3) is 0 Å². The van der Waals surface area contributed by atoms with Crippen molar-refractivity contribution in [2.24, 2.45) is 11.7 Å². The zero-order chi connectivity index (χ0) is 21.0. The first-order chi connectivity index (χ1) is 13.8.